The molecule has 6 nitrogen and oxygen atoms in total. The summed E-state index contributed by atoms with van der Waals surface area (Å²) in [5.74, 6) is 2.10. The van der Waals surface area contributed by atoms with Gasteiger partial charge < -0.3 is 27.3 Å². The molecule has 0 saturated heterocycles. The number of quaternary nitrogens is 1. The second kappa shape index (κ2) is 10.0. The lowest BCUT2D eigenvalue weighted by Crippen LogP contribution is -2.84. The molecule has 0 aliphatic carbocycles. The second-order valence-corrected chi connectivity index (χ2v) is 4.13. The molecule has 0 spiro atoms. The Morgan fingerprint density at radius 2 is 1.83 bits per heavy atom. The molecule has 0 unspecified atom stereocenters. The summed E-state index contributed by atoms with van der Waals surface area (Å²) in [6.45, 7) is 4.43. The van der Waals surface area contributed by atoms with Gasteiger partial charge in [0.25, 0.3) is 5.69 Å². The molecule has 0 aliphatic heterocycles. The highest BCUT2D eigenvalue weighted by Crippen LogP contribution is 2.13. The normalized spacial score (nSPS) is 9.96. The predicted molar refractivity (Wildman–Crippen MR) is 78.3 cm³/mol. The van der Waals surface area contributed by atoms with Crippen molar-refractivity contribution in [3.8, 4) is 12.3 Å². The van der Waals surface area contributed by atoms with Crippen LogP contribution in [-0.4, -0.2) is 31.2 Å². The number of hydrogen-bond acceptors (Lipinski definition) is 4. The molecule has 11 heteroatoms. The Morgan fingerprint density at radius 3 is 2.25 bits per heavy atom. The number of benzene rings is 1. The molecule has 0 aliphatic rings. The Hall–Kier alpha value is -2.87. The summed E-state index contributed by atoms with van der Waals surface area (Å²) in [5, 5.41) is 12.2. The topological polar surface area (TPSA) is 86.0 Å². The molecule has 1 rings (SSSR count). The van der Waals surface area contributed by atoms with Crippen molar-refractivity contribution in [3.63, 3.8) is 0 Å². The summed E-state index contributed by atoms with van der Waals surface area (Å²) in [4.78, 5) is 21.6. The number of carbonyl (C=O) groups is 1. The van der Waals surface area contributed by atoms with E-state index in [2.05, 4.69) is 12.5 Å². The number of esters is 1. The molecular formula is C13H13BF4N2O4. The number of rotatable bonds is 6. The Kier molecular flexibility index (Phi) is 8.82. The highest BCUT2D eigenvalue weighted by atomic mass is 19.5. The SMILES string of the molecule is C#CC[NH2+]CC(=C)OC(=O)c1ccc([N+](=O)[O-])cc1.F[B-](F)(F)F. The van der Waals surface area contributed by atoms with Crippen LogP contribution in [0.3, 0.4) is 0 Å². The van der Waals surface area contributed by atoms with Gasteiger partial charge in [0.05, 0.1) is 10.5 Å². The van der Waals surface area contributed by atoms with Gasteiger partial charge in [-0.3, -0.25) is 10.1 Å². The maximum atomic E-state index is 11.7. The zero-order chi connectivity index (χ0) is 18.8. The summed E-state index contributed by atoms with van der Waals surface area (Å²) in [6, 6.07) is 5.14. The lowest BCUT2D eigenvalue weighted by atomic mass is 10.2. The number of terminal acetylenes is 1. The van der Waals surface area contributed by atoms with E-state index in [0.29, 0.717) is 13.1 Å². The van der Waals surface area contributed by atoms with Gasteiger partial charge in [-0.15, -0.1) is 6.42 Å². The van der Waals surface area contributed by atoms with E-state index in [1.54, 1.807) is 5.32 Å². The summed E-state index contributed by atoms with van der Waals surface area (Å²) < 4.78 is 44.0. The Bertz CT molecular complexity index is 620. The first kappa shape index (κ1) is 21.1. The van der Waals surface area contributed by atoms with Crippen LogP contribution in [0.1, 0.15) is 10.4 Å². The van der Waals surface area contributed by atoms with E-state index >= 15 is 0 Å². The molecule has 0 heterocycles. The van der Waals surface area contributed by atoms with E-state index in [4.69, 9.17) is 11.2 Å². The minimum atomic E-state index is -6.00. The smallest absolute Gasteiger partial charge is 0.422 e. The third-order valence-electron chi connectivity index (χ3n) is 2.19. The number of halogens is 4. The van der Waals surface area contributed by atoms with Crippen LogP contribution in [0.5, 0.6) is 0 Å². The first-order valence-electron chi connectivity index (χ1n) is 6.31. The molecular weight excluding hydrogens is 335 g/mol. The van der Waals surface area contributed by atoms with Crippen LogP contribution in [0.2, 0.25) is 0 Å². The highest BCUT2D eigenvalue weighted by Gasteiger charge is 2.20. The van der Waals surface area contributed by atoms with Crippen molar-refractivity contribution in [2.45, 2.75) is 0 Å². The van der Waals surface area contributed by atoms with E-state index in [0.717, 1.165) is 0 Å². The maximum Gasteiger partial charge on any atom is 0.673 e. The molecule has 1 aromatic rings. The van der Waals surface area contributed by atoms with Gasteiger partial charge in [-0.05, 0) is 18.1 Å². The zero-order valence-electron chi connectivity index (χ0n) is 12.3. The molecule has 1 aromatic carbocycles. The molecule has 0 amide bonds. The number of hydrogen-bond donors (Lipinski definition) is 1. The summed E-state index contributed by atoms with van der Waals surface area (Å²) in [7, 11) is -6.00. The monoisotopic (exact) mass is 348 g/mol. The van der Waals surface area contributed by atoms with Crippen LogP contribution in [0.15, 0.2) is 36.6 Å². The minimum absolute atomic E-state index is 0.0854. The first-order valence-corrected chi connectivity index (χ1v) is 6.31. The molecule has 0 saturated carbocycles. The summed E-state index contributed by atoms with van der Waals surface area (Å²) >= 11 is 0. The predicted octanol–water partition coefficient (Wildman–Crippen LogP) is 1.76. The maximum absolute atomic E-state index is 11.7. The molecule has 0 atom stereocenters. The van der Waals surface area contributed by atoms with E-state index in [9.17, 15) is 32.2 Å². The van der Waals surface area contributed by atoms with Crippen molar-refractivity contribution < 1.29 is 37.0 Å². The lowest BCUT2D eigenvalue weighted by molar-refractivity contribution is -0.639. The first-order chi connectivity index (χ1) is 11.0. The van der Waals surface area contributed by atoms with E-state index in [1.807, 2.05) is 0 Å². The zero-order valence-corrected chi connectivity index (χ0v) is 12.3. The molecule has 0 fully saturated rings. The van der Waals surface area contributed by atoms with Crippen LogP contribution in [-0.2, 0) is 4.74 Å². The third kappa shape index (κ3) is 10.8. The number of carbonyl (C=O) groups excluding carboxylic acids is 1. The van der Waals surface area contributed by atoms with Crippen molar-refractivity contribution in [3.05, 3.63) is 52.3 Å². The van der Waals surface area contributed by atoms with Gasteiger partial charge in [0.2, 0.25) is 0 Å². The van der Waals surface area contributed by atoms with Gasteiger partial charge in [0, 0.05) is 12.1 Å². The third-order valence-corrected chi connectivity index (χ3v) is 2.19. The Balaban J connectivity index is 0.000000922. The fourth-order valence-corrected chi connectivity index (χ4v) is 1.27. The number of nitro benzene ring substituents is 1. The number of nitrogens with zero attached hydrogens (tertiary/aromatic N) is 1. The van der Waals surface area contributed by atoms with Crippen LogP contribution in [0, 0.1) is 22.5 Å². The van der Waals surface area contributed by atoms with Gasteiger partial charge in [-0.25, -0.2) is 4.79 Å². The highest BCUT2D eigenvalue weighted by molar-refractivity contribution is 6.50. The van der Waals surface area contributed by atoms with Gasteiger partial charge in [0.1, 0.15) is 13.1 Å². The van der Waals surface area contributed by atoms with Gasteiger partial charge >= 0.3 is 13.2 Å². The number of non-ortho nitro benzene ring substituents is 1. The number of ether oxygens (including phenoxy) is 1. The number of nitrogens with two attached hydrogens (primary N) is 1. The lowest BCUT2D eigenvalue weighted by Gasteiger charge is -2.05. The largest absolute Gasteiger partial charge is 0.673 e. The van der Waals surface area contributed by atoms with Crippen molar-refractivity contribution >= 4 is 18.9 Å². The van der Waals surface area contributed by atoms with Crippen molar-refractivity contribution in [2.24, 2.45) is 0 Å². The van der Waals surface area contributed by atoms with Crippen LogP contribution < -0.4 is 5.32 Å². The minimum Gasteiger partial charge on any atom is -0.422 e. The van der Waals surface area contributed by atoms with Crippen molar-refractivity contribution in [2.75, 3.05) is 13.1 Å². The molecule has 130 valence electrons. The summed E-state index contributed by atoms with van der Waals surface area (Å²) in [6.07, 6.45) is 5.07. The van der Waals surface area contributed by atoms with Gasteiger partial charge in [0.15, 0.2) is 5.76 Å². The van der Waals surface area contributed by atoms with Gasteiger partial charge in [-0.1, -0.05) is 6.58 Å². The molecule has 24 heavy (non-hydrogen) atoms. The van der Waals surface area contributed by atoms with E-state index < -0.39 is 18.1 Å². The van der Waals surface area contributed by atoms with Crippen LogP contribution in [0.25, 0.3) is 0 Å². The molecule has 0 aromatic heterocycles. The molecule has 0 bridgehead atoms. The average molecular weight is 348 g/mol. The van der Waals surface area contributed by atoms with Crippen molar-refractivity contribution in [1.82, 2.24) is 0 Å². The number of nitro groups is 1. The fourth-order valence-electron chi connectivity index (χ4n) is 1.27. The average Bonchev–Trinajstić information content (AvgIpc) is 2.45. The summed E-state index contributed by atoms with van der Waals surface area (Å²) in [5.41, 5.74) is 0.140. The quantitative estimate of drug-likeness (QED) is 0.124. The Labute approximate surface area is 134 Å². The van der Waals surface area contributed by atoms with Crippen LogP contribution in [0.4, 0.5) is 23.0 Å². The van der Waals surface area contributed by atoms with Gasteiger partial charge in [-0.2, -0.15) is 0 Å². The van der Waals surface area contributed by atoms with Crippen molar-refractivity contribution in [1.29, 1.82) is 0 Å². The van der Waals surface area contributed by atoms with Crippen LogP contribution >= 0.6 is 0 Å². The standard InChI is InChI=1S/C13H12N2O4.BF4/c1-3-8-14-9-10(2)19-13(16)11-4-6-12(7-5-11)15(17)18;2-1(3,4)5/h1,4-7,14H,2,8-9H2;/q;-1/p+1. The molecule has 2 N–H and O–H groups in total. The second-order valence-electron chi connectivity index (χ2n) is 4.13. The molecule has 0 radical (unpaired) electrons. The fraction of sp³-hybridized carbons (Fsp3) is 0.154. The Morgan fingerprint density at radius 1 is 1.33 bits per heavy atom. The van der Waals surface area contributed by atoms with E-state index in [-0.39, 0.29) is 17.0 Å². The van der Waals surface area contributed by atoms with E-state index in [1.165, 1.54) is 24.3 Å².